The molecule has 1 aromatic rings. The maximum atomic E-state index is 13.6. The first-order chi connectivity index (χ1) is 16.8. The Morgan fingerprint density at radius 1 is 1.25 bits per heavy atom. The summed E-state index contributed by atoms with van der Waals surface area (Å²) in [7, 11) is 3.16. The molecule has 0 saturated carbocycles. The van der Waals surface area contributed by atoms with Gasteiger partial charge in [0.25, 0.3) is 5.91 Å². The summed E-state index contributed by atoms with van der Waals surface area (Å²) >= 11 is 0. The predicted molar refractivity (Wildman–Crippen MR) is 127 cm³/mol. The third-order valence-electron chi connectivity index (χ3n) is 7.46. The molecule has 0 heterocycles. The second-order valence-corrected chi connectivity index (χ2v) is 10.0. The Bertz CT molecular complexity index is 1220. The van der Waals surface area contributed by atoms with E-state index in [1.807, 2.05) is 0 Å². The molecule has 11 heteroatoms. The number of ketones is 2. The number of benzene rings is 1. The molecule has 194 valence electrons. The first-order valence-electron chi connectivity index (χ1n) is 11.7. The van der Waals surface area contributed by atoms with Crippen LogP contribution in [-0.2, 0) is 22.6 Å². The van der Waals surface area contributed by atoms with Crippen LogP contribution in [0.3, 0.4) is 0 Å². The van der Waals surface area contributed by atoms with Gasteiger partial charge < -0.3 is 36.6 Å². The minimum atomic E-state index is -2.66. The minimum Gasteiger partial charge on any atom is -0.510 e. The molecule has 4 rings (SSSR count). The van der Waals surface area contributed by atoms with Crippen LogP contribution in [0.25, 0.3) is 0 Å². The van der Waals surface area contributed by atoms with Gasteiger partial charge in [0.15, 0.2) is 11.4 Å². The van der Waals surface area contributed by atoms with Crippen LogP contribution in [0.5, 0.6) is 5.75 Å². The molecular weight excluding hydrogens is 470 g/mol. The maximum absolute atomic E-state index is 13.6. The van der Waals surface area contributed by atoms with E-state index < -0.39 is 64.1 Å². The number of phenolic OH excluding ortho intramolecular Hbond substituents is 1. The Kier molecular flexibility index (Phi) is 6.46. The average molecular weight is 502 g/mol. The number of hydrogen-bond acceptors (Lipinski definition) is 10. The number of fused-ring (bicyclic) bond motifs is 3. The molecule has 3 aliphatic rings. The molecule has 0 bridgehead atoms. The van der Waals surface area contributed by atoms with Gasteiger partial charge in [-0.2, -0.15) is 0 Å². The highest BCUT2D eigenvalue weighted by atomic mass is 16.3. The van der Waals surface area contributed by atoms with Crippen LogP contribution in [0.4, 0.5) is 0 Å². The number of primary amides is 1. The number of aliphatic hydroxyl groups is 4. The van der Waals surface area contributed by atoms with Gasteiger partial charge >= 0.3 is 0 Å². The van der Waals surface area contributed by atoms with E-state index in [0.29, 0.717) is 18.7 Å². The number of likely N-dealkylation sites (N-methyl/N-ethyl adjacent to an activating group) is 1. The third kappa shape index (κ3) is 3.70. The first kappa shape index (κ1) is 25.8. The summed E-state index contributed by atoms with van der Waals surface area (Å²) in [6.07, 6.45) is -0.337. The molecule has 0 aromatic heterocycles. The minimum absolute atomic E-state index is 0.0297. The molecule has 3 aliphatic carbocycles. The van der Waals surface area contributed by atoms with Crippen molar-refractivity contribution < 1.29 is 39.9 Å². The topological polar surface area (TPSA) is 194 Å². The third-order valence-corrected chi connectivity index (χ3v) is 7.46. The van der Waals surface area contributed by atoms with Gasteiger partial charge in [0, 0.05) is 24.6 Å². The number of nitrogens with zero attached hydrogens (tertiary/aromatic N) is 1. The zero-order chi connectivity index (χ0) is 26.7. The van der Waals surface area contributed by atoms with Crippen molar-refractivity contribution in [1.82, 2.24) is 10.2 Å². The fourth-order valence-corrected chi connectivity index (χ4v) is 5.90. The van der Waals surface area contributed by atoms with Crippen LogP contribution in [-0.4, -0.2) is 86.3 Å². The number of amides is 1. The monoisotopic (exact) mass is 501 g/mol. The van der Waals surface area contributed by atoms with Gasteiger partial charge in [-0.1, -0.05) is 6.07 Å². The van der Waals surface area contributed by atoms with Gasteiger partial charge in [0.2, 0.25) is 5.78 Å². The lowest BCUT2D eigenvalue weighted by Crippen LogP contribution is -2.63. The van der Waals surface area contributed by atoms with E-state index >= 15 is 0 Å². The molecule has 0 spiro atoms. The van der Waals surface area contributed by atoms with E-state index in [9.17, 15) is 39.9 Å². The number of hydrogen-bond donors (Lipinski definition) is 7. The number of rotatable bonds is 6. The Balaban J connectivity index is 1.86. The van der Waals surface area contributed by atoms with E-state index in [-0.39, 0.29) is 29.7 Å². The highest BCUT2D eigenvalue weighted by Gasteiger charge is 2.63. The fraction of sp³-hybridized carbons (Fsp3) is 0.480. The summed E-state index contributed by atoms with van der Waals surface area (Å²) in [5, 5.41) is 56.8. The lowest BCUT2D eigenvalue weighted by molar-refractivity contribution is -0.148. The van der Waals surface area contributed by atoms with Gasteiger partial charge in [0.1, 0.15) is 22.8 Å². The van der Waals surface area contributed by atoms with Gasteiger partial charge in [-0.05, 0) is 57.0 Å². The molecule has 0 fully saturated rings. The summed E-state index contributed by atoms with van der Waals surface area (Å²) in [5.41, 5.74) is 2.89. The van der Waals surface area contributed by atoms with Crippen LogP contribution in [0.2, 0.25) is 0 Å². The number of aliphatic hydroxyl groups excluding tert-OH is 3. The normalized spacial score (nSPS) is 28.7. The number of aromatic hydroxyl groups is 1. The van der Waals surface area contributed by atoms with Gasteiger partial charge in [-0.15, -0.1) is 0 Å². The number of allylic oxidation sites excluding steroid dienone is 1. The summed E-state index contributed by atoms with van der Waals surface area (Å²) in [5.74, 6) is -6.76. The maximum Gasteiger partial charge on any atom is 0.255 e. The summed E-state index contributed by atoms with van der Waals surface area (Å²) in [6.45, 7) is 2.26. The molecule has 1 amide bonds. The zero-order valence-corrected chi connectivity index (χ0v) is 20.3. The van der Waals surface area contributed by atoms with Crippen LogP contribution in [0, 0.1) is 11.8 Å². The van der Waals surface area contributed by atoms with E-state index in [0.717, 1.165) is 5.56 Å². The van der Waals surface area contributed by atoms with E-state index in [1.165, 1.54) is 11.0 Å². The van der Waals surface area contributed by atoms with Crippen LogP contribution >= 0.6 is 0 Å². The largest absolute Gasteiger partial charge is 0.510 e. The molecular formula is C25H31N3O8. The Morgan fingerprint density at radius 2 is 1.92 bits per heavy atom. The van der Waals surface area contributed by atoms with Crippen molar-refractivity contribution in [3.05, 3.63) is 51.5 Å². The number of carbonyl (C=O) groups is 3. The van der Waals surface area contributed by atoms with Crippen molar-refractivity contribution in [2.24, 2.45) is 17.6 Å². The van der Waals surface area contributed by atoms with Crippen molar-refractivity contribution in [3.63, 3.8) is 0 Å². The second-order valence-electron chi connectivity index (χ2n) is 10.0. The zero-order valence-electron chi connectivity index (χ0n) is 20.3. The Hall–Kier alpha value is -3.25. The second kappa shape index (κ2) is 9.00. The standard InChI is InChI=1S/C25H31N3O8/c1-10(29)8-27-9-11-4-5-15(30)17-13(11)6-12-7-14-19(28(2)3)21(32)18(24(26)35)23(34)25(14,36)22(33)16(12)20(17)31/h4-5,10,12,14,19,27,29-30,32-33,36H,6-9H2,1-3H3,(H2,26,35)/t10?,12-,14-,19+,25-/m0/s1. The van der Waals surface area contributed by atoms with Crippen LogP contribution < -0.4 is 11.1 Å². The molecule has 8 N–H and O–H groups in total. The number of nitrogens with one attached hydrogen (secondary N) is 1. The van der Waals surface area contributed by atoms with E-state index in [4.69, 9.17) is 5.73 Å². The molecule has 1 unspecified atom stereocenters. The van der Waals surface area contributed by atoms with Crippen LogP contribution in [0.15, 0.2) is 34.8 Å². The van der Waals surface area contributed by atoms with E-state index in [1.54, 1.807) is 27.1 Å². The van der Waals surface area contributed by atoms with Crippen molar-refractivity contribution in [1.29, 1.82) is 0 Å². The Morgan fingerprint density at radius 3 is 2.50 bits per heavy atom. The summed E-state index contributed by atoms with van der Waals surface area (Å²) in [6, 6.07) is 1.99. The lowest BCUT2D eigenvalue weighted by Gasteiger charge is -2.50. The molecule has 1 aromatic carbocycles. The van der Waals surface area contributed by atoms with Crippen molar-refractivity contribution in [3.8, 4) is 5.75 Å². The van der Waals surface area contributed by atoms with Gasteiger partial charge in [0.05, 0.1) is 17.7 Å². The summed E-state index contributed by atoms with van der Waals surface area (Å²) in [4.78, 5) is 40.4. The number of Topliss-reactive ketones (excluding diaryl/α,β-unsaturated/α-hetero) is 2. The predicted octanol–water partition coefficient (Wildman–Crippen LogP) is -0.409. The molecule has 5 atom stereocenters. The quantitative estimate of drug-likeness (QED) is 0.252. The van der Waals surface area contributed by atoms with Crippen molar-refractivity contribution in [2.75, 3.05) is 20.6 Å². The molecule has 11 nitrogen and oxygen atoms in total. The molecule has 0 aliphatic heterocycles. The Labute approximate surface area is 207 Å². The van der Waals surface area contributed by atoms with Crippen LogP contribution in [0.1, 0.15) is 34.8 Å². The van der Waals surface area contributed by atoms with E-state index in [2.05, 4.69) is 5.32 Å². The molecule has 0 radical (unpaired) electrons. The van der Waals surface area contributed by atoms with Gasteiger partial charge in [-0.25, -0.2) is 0 Å². The van der Waals surface area contributed by atoms with Crippen molar-refractivity contribution >= 4 is 17.5 Å². The smallest absolute Gasteiger partial charge is 0.255 e. The van der Waals surface area contributed by atoms with Crippen molar-refractivity contribution in [2.45, 2.75) is 44.1 Å². The highest BCUT2D eigenvalue weighted by molar-refractivity contribution is 6.24. The first-order valence-corrected chi connectivity index (χ1v) is 11.7. The fourth-order valence-electron chi connectivity index (χ4n) is 5.90. The SMILES string of the molecule is CC(O)CNCc1ccc(O)c2c1C[C@H]1C[C@H]3[C@@H](N(C)C)C(O)=C(C(N)=O)C(=O)[C@@]3(O)C(O)=C1C2=O. The average Bonchev–Trinajstić information content (AvgIpc) is 2.77. The number of carbonyl (C=O) groups excluding carboxylic acids is 3. The number of phenols is 1. The number of nitrogens with two attached hydrogens (primary N) is 1. The van der Waals surface area contributed by atoms with Gasteiger partial charge in [-0.3, -0.25) is 19.3 Å². The highest BCUT2D eigenvalue weighted by Crippen LogP contribution is 2.52. The molecule has 36 heavy (non-hydrogen) atoms. The lowest BCUT2D eigenvalue weighted by atomic mass is 9.58. The molecule has 0 saturated heterocycles. The summed E-state index contributed by atoms with van der Waals surface area (Å²) < 4.78 is 0.